The van der Waals surface area contributed by atoms with Gasteiger partial charge in [-0.15, -0.1) is 10.1 Å². The minimum absolute atomic E-state index is 0.0545. The van der Waals surface area contributed by atoms with Crippen molar-refractivity contribution in [1.82, 2.24) is 4.90 Å². The Morgan fingerprint density at radius 3 is 2.55 bits per heavy atom. The Bertz CT molecular complexity index is 367. The Balaban J connectivity index is 2.25. The molecule has 1 rings (SSSR count). The number of nitrogens with two attached hydrogens (primary N) is 1. The first-order valence-electron chi connectivity index (χ1n) is 6.43. The molecule has 0 bridgehead atoms. The van der Waals surface area contributed by atoms with E-state index in [1.807, 2.05) is 0 Å². The lowest BCUT2D eigenvalue weighted by Crippen LogP contribution is -2.40. The number of piperidine rings is 1. The standard InChI is InChI=1S/C11H19N3O6/c12-9(11(16)17)1-2-10(15)13-5-3-8(4-6-13)7-20-14(18)19/h8-9H,1-7,12H2,(H,16,17). The molecule has 0 aromatic heterocycles. The first-order valence-corrected chi connectivity index (χ1v) is 6.43. The third-order valence-electron chi connectivity index (χ3n) is 3.37. The zero-order valence-corrected chi connectivity index (χ0v) is 11.1. The average Bonchev–Trinajstić information content (AvgIpc) is 2.42. The normalized spacial score (nSPS) is 17.6. The largest absolute Gasteiger partial charge is 0.480 e. The van der Waals surface area contributed by atoms with Crippen molar-refractivity contribution in [2.75, 3.05) is 19.7 Å². The Morgan fingerprint density at radius 1 is 1.45 bits per heavy atom. The van der Waals surface area contributed by atoms with Gasteiger partial charge in [0.1, 0.15) is 6.04 Å². The van der Waals surface area contributed by atoms with E-state index in [9.17, 15) is 19.7 Å². The Morgan fingerprint density at radius 2 is 2.05 bits per heavy atom. The lowest BCUT2D eigenvalue weighted by atomic mass is 9.97. The zero-order chi connectivity index (χ0) is 15.1. The van der Waals surface area contributed by atoms with Crippen LogP contribution in [-0.2, 0) is 14.4 Å². The molecule has 1 aliphatic heterocycles. The summed E-state index contributed by atoms with van der Waals surface area (Å²) in [4.78, 5) is 38.4. The number of hydrogen-bond donors (Lipinski definition) is 2. The summed E-state index contributed by atoms with van der Waals surface area (Å²) in [5.74, 6) is -1.17. The predicted octanol–water partition coefficient (Wildman–Crippen LogP) is -0.375. The van der Waals surface area contributed by atoms with Crippen molar-refractivity contribution in [2.24, 2.45) is 11.7 Å². The molecule has 0 aromatic carbocycles. The lowest BCUT2D eigenvalue weighted by Gasteiger charge is -2.31. The molecule has 0 spiro atoms. The number of likely N-dealkylation sites (tertiary alicyclic amines) is 1. The van der Waals surface area contributed by atoms with Gasteiger partial charge in [-0.3, -0.25) is 9.59 Å². The average molecular weight is 289 g/mol. The molecule has 0 radical (unpaired) electrons. The van der Waals surface area contributed by atoms with Gasteiger partial charge < -0.3 is 20.6 Å². The Kier molecular flexibility index (Phi) is 6.16. The molecule has 0 aromatic rings. The second kappa shape index (κ2) is 7.63. The van der Waals surface area contributed by atoms with Crippen LogP contribution in [0.4, 0.5) is 0 Å². The number of nitrogens with zero attached hydrogens (tertiary/aromatic N) is 2. The first kappa shape index (κ1) is 16.2. The summed E-state index contributed by atoms with van der Waals surface area (Å²) in [5.41, 5.74) is 5.33. The van der Waals surface area contributed by atoms with Crippen molar-refractivity contribution in [2.45, 2.75) is 31.7 Å². The molecule has 0 aliphatic carbocycles. The number of hydrogen-bond acceptors (Lipinski definition) is 6. The fourth-order valence-electron chi connectivity index (χ4n) is 2.08. The number of carbonyl (C=O) groups excluding carboxylic acids is 1. The highest BCUT2D eigenvalue weighted by molar-refractivity contribution is 5.78. The van der Waals surface area contributed by atoms with Crippen LogP contribution < -0.4 is 5.73 Å². The molecule has 114 valence electrons. The minimum atomic E-state index is -1.12. The van der Waals surface area contributed by atoms with Gasteiger partial charge in [0.05, 0.1) is 6.61 Å². The number of carboxylic acid groups (broad SMARTS) is 1. The SMILES string of the molecule is NC(CCC(=O)N1CCC(CO[N+](=O)[O-])CC1)C(=O)O. The van der Waals surface area contributed by atoms with Crippen LogP contribution in [0.2, 0.25) is 0 Å². The van der Waals surface area contributed by atoms with Crippen LogP contribution >= 0.6 is 0 Å². The van der Waals surface area contributed by atoms with Crippen LogP contribution in [0.3, 0.4) is 0 Å². The quantitative estimate of drug-likeness (QED) is 0.481. The van der Waals surface area contributed by atoms with E-state index in [4.69, 9.17) is 10.8 Å². The summed E-state index contributed by atoms with van der Waals surface area (Å²) in [5, 5.41) is 17.9. The molecule has 1 heterocycles. The number of amides is 1. The topological polar surface area (TPSA) is 136 Å². The van der Waals surface area contributed by atoms with Gasteiger partial charge in [0.2, 0.25) is 5.91 Å². The van der Waals surface area contributed by atoms with E-state index in [0.717, 1.165) is 0 Å². The number of aliphatic carboxylic acids is 1. The highest BCUT2D eigenvalue weighted by Gasteiger charge is 2.24. The Hall–Kier alpha value is -1.90. The maximum atomic E-state index is 11.8. The van der Waals surface area contributed by atoms with E-state index < -0.39 is 17.1 Å². The second-order valence-electron chi connectivity index (χ2n) is 4.83. The van der Waals surface area contributed by atoms with E-state index in [2.05, 4.69) is 4.84 Å². The fraction of sp³-hybridized carbons (Fsp3) is 0.818. The van der Waals surface area contributed by atoms with Crippen LogP contribution in [0.1, 0.15) is 25.7 Å². The number of carboxylic acids is 1. The maximum absolute atomic E-state index is 11.8. The summed E-state index contributed by atoms with van der Waals surface area (Å²) < 4.78 is 0. The van der Waals surface area contributed by atoms with Gasteiger partial charge in [-0.05, 0) is 25.2 Å². The third kappa shape index (κ3) is 5.39. The van der Waals surface area contributed by atoms with E-state index in [0.29, 0.717) is 25.9 Å². The van der Waals surface area contributed by atoms with Crippen LogP contribution in [0, 0.1) is 16.0 Å². The molecular weight excluding hydrogens is 270 g/mol. The van der Waals surface area contributed by atoms with Gasteiger partial charge in [0, 0.05) is 19.5 Å². The minimum Gasteiger partial charge on any atom is -0.480 e. The molecule has 1 fully saturated rings. The smallest absolute Gasteiger partial charge is 0.320 e. The molecule has 9 nitrogen and oxygen atoms in total. The van der Waals surface area contributed by atoms with Crippen molar-refractivity contribution in [3.8, 4) is 0 Å². The van der Waals surface area contributed by atoms with E-state index in [1.165, 1.54) is 0 Å². The molecule has 1 amide bonds. The molecule has 1 atom stereocenters. The zero-order valence-electron chi connectivity index (χ0n) is 11.1. The van der Waals surface area contributed by atoms with Gasteiger partial charge in [-0.1, -0.05) is 0 Å². The second-order valence-corrected chi connectivity index (χ2v) is 4.83. The maximum Gasteiger partial charge on any atom is 0.320 e. The number of carbonyl (C=O) groups is 2. The van der Waals surface area contributed by atoms with Crippen molar-refractivity contribution in [1.29, 1.82) is 0 Å². The molecule has 0 saturated carbocycles. The summed E-state index contributed by atoms with van der Waals surface area (Å²) in [6.07, 6.45) is 1.50. The van der Waals surface area contributed by atoms with Crippen molar-refractivity contribution >= 4 is 11.9 Å². The highest BCUT2D eigenvalue weighted by atomic mass is 16.9. The van der Waals surface area contributed by atoms with Crippen LogP contribution in [0.25, 0.3) is 0 Å². The van der Waals surface area contributed by atoms with Crippen LogP contribution in [0.15, 0.2) is 0 Å². The summed E-state index contributed by atoms with van der Waals surface area (Å²) >= 11 is 0. The van der Waals surface area contributed by atoms with Crippen molar-refractivity contribution in [3.05, 3.63) is 10.1 Å². The number of rotatable bonds is 7. The van der Waals surface area contributed by atoms with Crippen molar-refractivity contribution in [3.63, 3.8) is 0 Å². The van der Waals surface area contributed by atoms with Gasteiger partial charge in [0.15, 0.2) is 0 Å². The monoisotopic (exact) mass is 289 g/mol. The molecule has 1 aliphatic rings. The molecular formula is C11H19N3O6. The summed E-state index contributed by atoms with van der Waals surface area (Å²) in [6, 6.07) is -1.02. The van der Waals surface area contributed by atoms with Crippen LogP contribution in [-0.4, -0.2) is 52.7 Å². The third-order valence-corrected chi connectivity index (χ3v) is 3.37. The fourth-order valence-corrected chi connectivity index (χ4v) is 2.08. The molecule has 1 unspecified atom stereocenters. The van der Waals surface area contributed by atoms with E-state index in [1.54, 1.807) is 4.90 Å². The summed E-state index contributed by atoms with van der Waals surface area (Å²) in [7, 11) is 0. The molecule has 1 saturated heterocycles. The Labute approximate surface area is 115 Å². The van der Waals surface area contributed by atoms with Gasteiger partial charge >= 0.3 is 5.97 Å². The lowest BCUT2D eigenvalue weighted by molar-refractivity contribution is -0.759. The summed E-state index contributed by atoms with van der Waals surface area (Å²) in [6.45, 7) is 1.07. The van der Waals surface area contributed by atoms with Crippen molar-refractivity contribution < 1.29 is 24.6 Å². The van der Waals surface area contributed by atoms with E-state index >= 15 is 0 Å². The van der Waals surface area contributed by atoms with Gasteiger partial charge in [-0.2, -0.15) is 0 Å². The molecule has 20 heavy (non-hydrogen) atoms. The van der Waals surface area contributed by atoms with Crippen LogP contribution in [0.5, 0.6) is 0 Å². The predicted molar refractivity (Wildman–Crippen MR) is 67.1 cm³/mol. The highest BCUT2D eigenvalue weighted by Crippen LogP contribution is 2.18. The molecule has 3 N–H and O–H groups in total. The van der Waals surface area contributed by atoms with E-state index in [-0.39, 0.29) is 31.3 Å². The molecule has 9 heteroatoms. The van der Waals surface area contributed by atoms with Gasteiger partial charge in [0.25, 0.3) is 5.09 Å². The first-order chi connectivity index (χ1) is 9.40. The van der Waals surface area contributed by atoms with Gasteiger partial charge in [-0.25, -0.2) is 0 Å².